The molecule has 2 aromatic heterocycles. The van der Waals surface area contributed by atoms with Gasteiger partial charge in [0.05, 0.1) is 5.39 Å². The molecule has 0 unspecified atom stereocenters. The summed E-state index contributed by atoms with van der Waals surface area (Å²) in [7, 11) is 0. The van der Waals surface area contributed by atoms with E-state index in [2.05, 4.69) is 30.9 Å². The number of aryl methyl sites for hydroxylation is 1. The Bertz CT molecular complexity index is 561. The van der Waals surface area contributed by atoms with Crippen molar-refractivity contribution in [3.05, 3.63) is 31.9 Å². The van der Waals surface area contributed by atoms with Gasteiger partial charge in [-0.3, -0.25) is 4.79 Å². The molecule has 2 rings (SSSR count). The topological polar surface area (TPSA) is 58.6 Å². The smallest absolute Gasteiger partial charge is 0.261 e. The Hall–Kier alpha value is -0.940. The van der Waals surface area contributed by atoms with Crippen LogP contribution in [0.1, 0.15) is 5.82 Å². The molecule has 0 aliphatic rings. The van der Waals surface area contributed by atoms with Crippen LogP contribution in [0.5, 0.6) is 0 Å². The Morgan fingerprint density at radius 1 is 1.50 bits per heavy atom. The molecular formula is C8H5BrClN3O. The molecule has 0 atom stereocenters. The lowest BCUT2D eigenvalue weighted by atomic mass is 10.3. The van der Waals surface area contributed by atoms with Gasteiger partial charge in [0.2, 0.25) is 0 Å². The Balaban J connectivity index is 3.02. The van der Waals surface area contributed by atoms with Crippen molar-refractivity contribution in [1.82, 2.24) is 15.0 Å². The fraction of sp³-hybridized carbons (Fsp3) is 0.125. The number of H-pyrrole nitrogens is 1. The average molecular weight is 275 g/mol. The lowest BCUT2D eigenvalue weighted by molar-refractivity contribution is 1.04. The van der Waals surface area contributed by atoms with E-state index in [-0.39, 0.29) is 5.56 Å². The molecule has 0 saturated heterocycles. The second-order valence-electron chi connectivity index (χ2n) is 2.78. The van der Waals surface area contributed by atoms with Gasteiger partial charge in [-0.25, -0.2) is 9.97 Å². The summed E-state index contributed by atoms with van der Waals surface area (Å²) in [5.74, 6) is 0.518. The van der Waals surface area contributed by atoms with Crippen LogP contribution in [0.3, 0.4) is 0 Å². The Labute approximate surface area is 92.5 Å². The standard InChI is InChI=1S/C8H5BrClN3O/c1-3-11-7-6(8(14)12-3)4(9)2-5(10)13-7/h2H,1H3,(H,11,12,13,14). The molecule has 0 fully saturated rings. The van der Waals surface area contributed by atoms with E-state index in [1.807, 2.05) is 0 Å². The van der Waals surface area contributed by atoms with Crippen LogP contribution in [0.15, 0.2) is 15.3 Å². The Morgan fingerprint density at radius 3 is 2.93 bits per heavy atom. The molecular weight excluding hydrogens is 269 g/mol. The number of aromatic amines is 1. The average Bonchev–Trinajstić information content (AvgIpc) is 1.99. The number of halogens is 2. The lowest BCUT2D eigenvalue weighted by Gasteiger charge is -2.00. The molecule has 2 heterocycles. The van der Waals surface area contributed by atoms with Gasteiger partial charge in [0.1, 0.15) is 11.0 Å². The van der Waals surface area contributed by atoms with E-state index >= 15 is 0 Å². The maximum Gasteiger partial charge on any atom is 0.261 e. The first kappa shape index (κ1) is 9.61. The molecule has 2 aromatic rings. The predicted octanol–water partition coefficient (Wildman–Crippen LogP) is 2.04. The van der Waals surface area contributed by atoms with Gasteiger partial charge in [0.15, 0.2) is 5.65 Å². The molecule has 0 aliphatic heterocycles. The van der Waals surface area contributed by atoms with Crippen LogP contribution in [0, 0.1) is 6.92 Å². The summed E-state index contributed by atoms with van der Waals surface area (Å²) in [6, 6.07) is 1.57. The first-order chi connectivity index (χ1) is 6.58. The van der Waals surface area contributed by atoms with Crippen molar-refractivity contribution in [2.24, 2.45) is 0 Å². The summed E-state index contributed by atoms with van der Waals surface area (Å²) < 4.78 is 0.598. The molecule has 0 radical (unpaired) electrons. The van der Waals surface area contributed by atoms with Crippen LogP contribution in [0.25, 0.3) is 11.0 Å². The minimum absolute atomic E-state index is 0.219. The molecule has 0 bridgehead atoms. The molecule has 0 spiro atoms. The van der Waals surface area contributed by atoms with E-state index in [9.17, 15) is 4.79 Å². The number of nitrogens with one attached hydrogen (secondary N) is 1. The third-order valence-electron chi connectivity index (χ3n) is 1.72. The third-order valence-corrected chi connectivity index (χ3v) is 2.54. The molecule has 14 heavy (non-hydrogen) atoms. The van der Waals surface area contributed by atoms with Gasteiger partial charge in [-0.1, -0.05) is 11.6 Å². The van der Waals surface area contributed by atoms with Crippen LogP contribution >= 0.6 is 27.5 Å². The van der Waals surface area contributed by atoms with E-state index < -0.39 is 0 Å². The second-order valence-corrected chi connectivity index (χ2v) is 4.02. The predicted molar refractivity (Wildman–Crippen MR) is 57.6 cm³/mol. The van der Waals surface area contributed by atoms with Crippen LogP contribution in [0.4, 0.5) is 0 Å². The van der Waals surface area contributed by atoms with Gasteiger partial charge >= 0.3 is 0 Å². The van der Waals surface area contributed by atoms with Crippen molar-refractivity contribution >= 4 is 38.6 Å². The first-order valence-electron chi connectivity index (χ1n) is 3.80. The van der Waals surface area contributed by atoms with Crippen LogP contribution < -0.4 is 5.56 Å². The van der Waals surface area contributed by atoms with Crippen molar-refractivity contribution < 1.29 is 0 Å². The fourth-order valence-electron chi connectivity index (χ4n) is 1.18. The molecule has 0 amide bonds. The minimum Gasteiger partial charge on any atom is -0.310 e. The number of hydrogen-bond donors (Lipinski definition) is 1. The highest BCUT2D eigenvalue weighted by atomic mass is 79.9. The zero-order valence-electron chi connectivity index (χ0n) is 7.14. The van der Waals surface area contributed by atoms with Gasteiger partial charge in [-0.05, 0) is 28.9 Å². The molecule has 0 saturated carbocycles. The molecule has 1 N–H and O–H groups in total. The number of hydrogen-bond acceptors (Lipinski definition) is 3. The van der Waals surface area contributed by atoms with E-state index in [0.717, 1.165) is 0 Å². The fourth-order valence-corrected chi connectivity index (χ4v) is 2.07. The van der Waals surface area contributed by atoms with Crippen molar-refractivity contribution in [3.63, 3.8) is 0 Å². The summed E-state index contributed by atoms with van der Waals surface area (Å²) in [4.78, 5) is 22.2. The lowest BCUT2D eigenvalue weighted by Crippen LogP contribution is -2.11. The quantitative estimate of drug-likeness (QED) is 0.748. The van der Waals surface area contributed by atoms with Crippen LogP contribution in [-0.2, 0) is 0 Å². The van der Waals surface area contributed by atoms with Crippen LogP contribution in [0.2, 0.25) is 5.15 Å². The summed E-state index contributed by atoms with van der Waals surface area (Å²) in [5, 5.41) is 0.724. The Kier molecular flexibility index (Phi) is 2.28. The largest absolute Gasteiger partial charge is 0.310 e. The summed E-state index contributed by atoms with van der Waals surface area (Å²) in [5.41, 5.74) is 0.133. The van der Waals surface area contributed by atoms with Crippen LogP contribution in [-0.4, -0.2) is 15.0 Å². The second kappa shape index (κ2) is 3.33. The van der Waals surface area contributed by atoms with Gasteiger partial charge in [-0.2, -0.15) is 0 Å². The van der Waals surface area contributed by atoms with Gasteiger partial charge < -0.3 is 4.98 Å². The number of nitrogens with zero attached hydrogens (tertiary/aromatic N) is 2. The minimum atomic E-state index is -0.219. The molecule has 4 nitrogen and oxygen atoms in total. The van der Waals surface area contributed by atoms with E-state index in [0.29, 0.717) is 26.5 Å². The van der Waals surface area contributed by atoms with E-state index in [1.165, 1.54) is 0 Å². The van der Waals surface area contributed by atoms with E-state index in [4.69, 9.17) is 11.6 Å². The maximum absolute atomic E-state index is 11.5. The maximum atomic E-state index is 11.5. The molecule has 0 aromatic carbocycles. The van der Waals surface area contributed by atoms with Gasteiger partial charge in [0, 0.05) is 4.47 Å². The van der Waals surface area contributed by atoms with Gasteiger partial charge in [-0.15, -0.1) is 0 Å². The summed E-state index contributed by atoms with van der Waals surface area (Å²) in [6.45, 7) is 1.69. The number of aromatic nitrogens is 3. The zero-order valence-corrected chi connectivity index (χ0v) is 9.48. The van der Waals surface area contributed by atoms with E-state index in [1.54, 1.807) is 13.0 Å². The van der Waals surface area contributed by atoms with Crippen molar-refractivity contribution in [2.45, 2.75) is 6.92 Å². The highest BCUT2D eigenvalue weighted by Crippen LogP contribution is 2.21. The van der Waals surface area contributed by atoms with Gasteiger partial charge in [0.25, 0.3) is 5.56 Å². The highest BCUT2D eigenvalue weighted by Gasteiger charge is 2.08. The van der Waals surface area contributed by atoms with Crippen molar-refractivity contribution in [3.8, 4) is 0 Å². The normalized spacial score (nSPS) is 10.8. The van der Waals surface area contributed by atoms with Crippen molar-refractivity contribution in [2.75, 3.05) is 0 Å². The molecule has 0 aliphatic carbocycles. The first-order valence-corrected chi connectivity index (χ1v) is 4.97. The summed E-state index contributed by atoms with van der Waals surface area (Å²) in [6.07, 6.45) is 0. The Morgan fingerprint density at radius 2 is 2.21 bits per heavy atom. The molecule has 6 heteroatoms. The summed E-state index contributed by atoms with van der Waals surface area (Å²) >= 11 is 8.97. The number of rotatable bonds is 0. The monoisotopic (exact) mass is 273 g/mol. The SMILES string of the molecule is Cc1nc2nc(Cl)cc(Br)c2c(=O)[nH]1. The highest BCUT2D eigenvalue weighted by molar-refractivity contribution is 9.10. The number of pyridine rings is 1. The third kappa shape index (κ3) is 1.53. The van der Waals surface area contributed by atoms with Crippen molar-refractivity contribution in [1.29, 1.82) is 0 Å². The zero-order chi connectivity index (χ0) is 10.3. The molecule has 72 valence electrons. The number of fused-ring (bicyclic) bond motifs is 1.